The van der Waals surface area contributed by atoms with Crippen molar-refractivity contribution in [1.29, 1.82) is 0 Å². The van der Waals surface area contributed by atoms with Crippen LogP contribution in [0.5, 0.6) is 11.5 Å². The molecule has 1 N–H and O–H groups in total. The Labute approximate surface area is 170 Å². The third-order valence-corrected chi connectivity index (χ3v) is 6.31. The van der Waals surface area contributed by atoms with Crippen LogP contribution in [-0.2, 0) is 9.84 Å². The van der Waals surface area contributed by atoms with Crippen LogP contribution in [0.2, 0.25) is 0 Å². The molecule has 0 aliphatic carbocycles. The summed E-state index contributed by atoms with van der Waals surface area (Å²) in [4.78, 5) is 10.8. The Morgan fingerprint density at radius 2 is 1.83 bits per heavy atom. The van der Waals surface area contributed by atoms with Crippen molar-refractivity contribution in [2.45, 2.75) is 11.8 Å². The molecule has 8 nitrogen and oxygen atoms in total. The first-order chi connectivity index (χ1) is 13.8. The van der Waals surface area contributed by atoms with Crippen molar-refractivity contribution in [3.8, 4) is 11.5 Å². The van der Waals surface area contributed by atoms with Gasteiger partial charge in [-0.3, -0.25) is 0 Å². The molecule has 3 aromatic rings. The lowest BCUT2D eigenvalue weighted by Gasteiger charge is -2.20. The zero-order chi connectivity index (χ0) is 21.2. The molecule has 0 spiro atoms. The van der Waals surface area contributed by atoms with Crippen molar-refractivity contribution >= 4 is 37.9 Å². The molecule has 0 bridgehead atoms. The van der Waals surface area contributed by atoms with Gasteiger partial charge < -0.3 is 19.7 Å². The molecule has 154 valence electrons. The number of nitrogens with one attached hydrogen (secondary N) is 1. The minimum Gasteiger partial charge on any atom is -0.497 e. The minimum atomic E-state index is -3.35. The Bertz CT molecular complexity index is 1150. The van der Waals surface area contributed by atoms with E-state index in [-0.39, 0.29) is 10.6 Å². The van der Waals surface area contributed by atoms with Crippen LogP contribution < -0.4 is 19.7 Å². The second kappa shape index (κ2) is 8.12. The van der Waals surface area contributed by atoms with Crippen molar-refractivity contribution in [3.63, 3.8) is 0 Å². The van der Waals surface area contributed by atoms with E-state index in [4.69, 9.17) is 9.47 Å². The summed E-state index contributed by atoms with van der Waals surface area (Å²) in [7, 11) is 3.56. The summed E-state index contributed by atoms with van der Waals surface area (Å²) in [5.41, 5.74) is 2.07. The highest BCUT2D eigenvalue weighted by atomic mass is 32.2. The standard InChI is InChI=1S/C20H24N4O4S/c1-6-29(25,26)14-7-8-17(24(2)3)15(11-14)23-20-19-16(21-12-22-20)9-13(27-4)10-18(19)28-5/h7-12H,6H2,1-5H3,(H,21,22,23). The van der Waals surface area contributed by atoms with Crippen LogP contribution in [0.3, 0.4) is 0 Å². The number of nitrogens with zero attached hydrogens (tertiary/aromatic N) is 3. The third kappa shape index (κ3) is 4.04. The molecule has 0 aliphatic rings. The quantitative estimate of drug-likeness (QED) is 0.627. The fourth-order valence-corrected chi connectivity index (χ4v) is 3.90. The Morgan fingerprint density at radius 3 is 2.45 bits per heavy atom. The molecule has 1 heterocycles. The summed E-state index contributed by atoms with van der Waals surface area (Å²) in [6.45, 7) is 1.62. The lowest BCUT2D eigenvalue weighted by molar-refractivity contribution is 0.398. The maximum Gasteiger partial charge on any atom is 0.178 e. The molecule has 0 saturated heterocycles. The summed E-state index contributed by atoms with van der Waals surface area (Å²) in [5.74, 6) is 1.69. The van der Waals surface area contributed by atoms with E-state index in [1.165, 1.54) is 6.33 Å². The first-order valence-corrected chi connectivity index (χ1v) is 10.6. The number of hydrogen-bond donors (Lipinski definition) is 1. The topological polar surface area (TPSA) is 93.7 Å². The fraction of sp³-hybridized carbons (Fsp3) is 0.300. The van der Waals surface area contributed by atoms with Crippen LogP contribution in [-0.4, -0.2) is 52.5 Å². The van der Waals surface area contributed by atoms with Crippen molar-refractivity contribution in [1.82, 2.24) is 9.97 Å². The van der Waals surface area contributed by atoms with E-state index in [1.54, 1.807) is 51.5 Å². The number of methoxy groups -OCH3 is 2. The molecular weight excluding hydrogens is 392 g/mol. The second-order valence-corrected chi connectivity index (χ2v) is 8.83. The van der Waals surface area contributed by atoms with Gasteiger partial charge in [0.15, 0.2) is 9.84 Å². The molecule has 29 heavy (non-hydrogen) atoms. The van der Waals surface area contributed by atoms with Gasteiger partial charge in [0.1, 0.15) is 23.6 Å². The summed E-state index contributed by atoms with van der Waals surface area (Å²) in [6.07, 6.45) is 1.44. The number of anilines is 3. The maximum atomic E-state index is 12.4. The monoisotopic (exact) mass is 416 g/mol. The van der Waals surface area contributed by atoms with Gasteiger partial charge >= 0.3 is 0 Å². The highest BCUT2D eigenvalue weighted by Crippen LogP contribution is 2.37. The van der Waals surface area contributed by atoms with Crippen molar-refractivity contribution in [3.05, 3.63) is 36.7 Å². The van der Waals surface area contributed by atoms with Crippen LogP contribution in [0.15, 0.2) is 41.6 Å². The molecule has 0 fully saturated rings. The normalized spacial score (nSPS) is 11.3. The van der Waals surface area contributed by atoms with Gasteiger partial charge in [-0.2, -0.15) is 0 Å². The van der Waals surface area contributed by atoms with Gasteiger partial charge in [0.05, 0.1) is 47.1 Å². The van der Waals surface area contributed by atoms with Crippen LogP contribution in [0.25, 0.3) is 10.9 Å². The number of benzene rings is 2. The number of sulfone groups is 1. The highest BCUT2D eigenvalue weighted by Gasteiger charge is 2.18. The predicted molar refractivity (Wildman–Crippen MR) is 114 cm³/mol. The van der Waals surface area contributed by atoms with Crippen molar-refractivity contribution in [2.75, 3.05) is 44.3 Å². The van der Waals surface area contributed by atoms with E-state index in [9.17, 15) is 8.42 Å². The lowest BCUT2D eigenvalue weighted by atomic mass is 10.2. The van der Waals surface area contributed by atoms with E-state index < -0.39 is 9.84 Å². The van der Waals surface area contributed by atoms with Gasteiger partial charge in [-0.15, -0.1) is 0 Å². The molecule has 0 unspecified atom stereocenters. The molecule has 0 radical (unpaired) electrons. The Morgan fingerprint density at radius 1 is 1.07 bits per heavy atom. The average molecular weight is 417 g/mol. The molecule has 0 saturated carbocycles. The van der Waals surface area contributed by atoms with E-state index in [0.717, 1.165) is 5.69 Å². The van der Waals surface area contributed by atoms with Gasteiger partial charge in [-0.05, 0) is 18.2 Å². The number of fused-ring (bicyclic) bond motifs is 1. The summed E-state index contributed by atoms with van der Waals surface area (Å²) >= 11 is 0. The SMILES string of the molecule is CCS(=O)(=O)c1ccc(N(C)C)c(Nc2ncnc3cc(OC)cc(OC)c23)c1. The molecule has 3 rings (SSSR count). The van der Waals surface area contributed by atoms with Gasteiger partial charge in [-0.1, -0.05) is 6.92 Å². The van der Waals surface area contributed by atoms with Crippen LogP contribution in [0, 0.1) is 0 Å². The fourth-order valence-electron chi connectivity index (χ4n) is 3.00. The second-order valence-electron chi connectivity index (χ2n) is 6.55. The molecule has 9 heteroatoms. The zero-order valence-corrected chi connectivity index (χ0v) is 17.9. The number of hydrogen-bond acceptors (Lipinski definition) is 8. The van der Waals surface area contributed by atoms with E-state index in [0.29, 0.717) is 33.9 Å². The molecule has 0 atom stereocenters. The van der Waals surface area contributed by atoms with Crippen LogP contribution in [0.4, 0.5) is 17.2 Å². The third-order valence-electron chi connectivity index (χ3n) is 4.57. The smallest absolute Gasteiger partial charge is 0.178 e. The van der Waals surface area contributed by atoms with Crippen LogP contribution >= 0.6 is 0 Å². The number of ether oxygens (including phenoxy) is 2. The zero-order valence-electron chi connectivity index (χ0n) is 17.1. The summed E-state index contributed by atoms with van der Waals surface area (Å²) < 4.78 is 35.6. The largest absolute Gasteiger partial charge is 0.497 e. The molecule has 2 aromatic carbocycles. The van der Waals surface area contributed by atoms with Gasteiger partial charge in [-0.25, -0.2) is 18.4 Å². The highest BCUT2D eigenvalue weighted by molar-refractivity contribution is 7.91. The number of aromatic nitrogens is 2. The first kappa shape index (κ1) is 20.7. The Balaban J connectivity index is 2.19. The lowest BCUT2D eigenvalue weighted by Crippen LogP contribution is -2.13. The van der Waals surface area contributed by atoms with Gasteiger partial charge in [0.25, 0.3) is 0 Å². The minimum absolute atomic E-state index is 0.0256. The van der Waals surface area contributed by atoms with E-state index in [1.807, 2.05) is 19.0 Å². The Kier molecular flexibility index (Phi) is 5.78. The summed E-state index contributed by atoms with van der Waals surface area (Å²) in [6, 6.07) is 8.55. The van der Waals surface area contributed by atoms with Gasteiger partial charge in [0.2, 0.25) is 0 Å². The molecule has 1 aromatic heterocycles. The van der Waals surface area contributed by atoms with Crippen molar-refractivity contribution < 1.29 is 17.9 Å². The van der Waals surface area contributed by atoms with Crippen LogP contribution in [0.1, 0.15) is 6.92 Å². The van der Waals surface area contributed by atoms with Gasteiger partial charge in [0, 0.05) is 26.2 Å². The first-order valence-electron chi connectivity index (χ1n) is 8.98. The molecular formula is C20H24N4O4S. The summed E-state index contributed by atoms with van der Waals surface area (Å²) in [5, 5.41) is 3.94. The van der Waals surface area contributed by atoms with E-state index >= 15 is 0 Å². The van der Waals surface area contributed by atoms with Crippen molar-refractivity contribution in [2.24, 2.45) is 0 Å². The predicted octanol–water partition coefficient (Wildman–Crippen LogP) is 3.25. The average Bonchev–Trinajstić information content (AvgIpc) is 2.72. The number of rotatable bonds is 7. The molecule has 0 aliphatic heterocycles. The molecule has 0 amide bonds. The maximum absolute atomic E-state index is 12.4. The Hall–Kier alpha value is -3.07. The van der Waals surface area contributed by atoms with E-state index in [2.05, 4.69) is 15.3 Å².